The Labute approximate surface area is 180 Å². The van der Waals surface area contributed by atoms with Crippen molar-refractivity contribution in [2.75, 3.05) is 13.2 Å². The fourth-order valence-electron chi connectivity index (χ4n) is 4.29. The van der Waals surface area contributed by atoms with Crippen molar-refractivity contribution in [3.63, 3.8) is 0 Å². The van der Waals surface area contributed by atoms with Crippen LogP contribution in [-0.2, 0) is 20.7 Å². The van der Waals surface area contributed by atoms with Crippen molar-refractivity contribution < 1.29 is 24.5 Å². The summed E-state index contributed by atoms with van der Waals surface area (Å²) in [4.78, 5) is 25.3. The minimum absolute atomic E-state index is 0.0152. The van der Waals surface area contributed by atoms with Crippen LogP contribution in [0.3, 0.4) is 0 Å². The van der Waals surface area contributed by atoms with Gasteiger partial charge in [0.05, 0.1) is 25.2 Å². The third-order valence-corrected chi connectivity index (χ3v) is 6.21. The van der Waals surface area contributed by atoms with E-state index in [4.69, 9.17) is 9.84 Å². The van der Waals surface area contributed by atoms with Gasteiger partial charge in [0.15, 0.2) is 0 Å². The quantitative estimate of drug-likeness (QED) is 0.541. The van der Waals surface area contributed by atoms with Crippen molar-refractivity contribution in [2.24, 2.45) is 11.8 Å². The number of hydrogen-bond donors (Lipinski definition) is 2. The van der Waals surface area contributed by atoms with Crippen molar-refractivity contribution in [1.29, 1.82) is 0 Å². The van der Waals surface area contributed by atoms with E-state index in [2.05, 4.69) is 6.92 Å². The summed E-state index contributed by atoms with van der Waals surface area (Å²) in [6.45, 7) is 6.88. The van der Waals surface area contributed by atoms with Crippen LogP contribution in [0.5, 0.6) is 0 Å². The highest BCUT2D eigenvalue weighted by Gasteiger charge is 2.34. The number of aliphatic carboxylic acids is 1. The zero-order valence-corrected chi connectivity index (χ0v) is 18.5. The molecule has 1 saturated heterocycles. The maximum atomic E-state index is 12.7. The lowest BCUT2D eigenvalue weighted by atomic mass is 9.85. The Bertz CT molecular complexity index is 665. The number of hydrogen-bond acceptors (Lipinski definition) is 4. The molecule has 6 heteroatoms. The molecule has 0 saturated carbocycles. The molecule has 168 valence electrons. The van der Waals surface area contributed by atoms with E-state index in [0.29, 0.717) is 25.8 Å². The third kappa shape index (κ3) is 7.73. The van der Waals surface area contributed by atoms with Crippen LogP contribution in [0.1, 0.15) is 58.4 Å². The molecule has 30 heavy (non-hydrogen) atoms. The molecule has 0 aliphatic carbocycles. The number of amides is 1. The fraction of sp³-hybridized carbons (Fsp3) is 0.667. The molecule has 1 heterocycles. The largest absolute Gasteiger partial charge is 0.481 e. The smallest absolute Gasteiger partial charge is 0.305 e. The summed E-state index contributed by atoms with van der Waals surface area (Å²) in [7, 11) is 0. The molecule has 0 aromatic heterocycles. The number of piperidine rings is 1. The predicted molar refractivity (Wildman–Crippen MR) is 116 cm³/mol. The first-order valence-electron chi connectivity index (χ1n) is 11.1. The predicted octanol–water partition coefficient (Wildman–Crippen LogP) is 3.51. The van der Waals surface area contributed by atoms with Gasteiger partial charge in [-0.3, -0.25) is 9.59 Å². The van der Waals surface area contributed by atoms with E-state index in [1.54, 1.807) is 0 Å². The van der Waals surface area contributed by atoms with Crippen LogP contribution < -0.4 is 0 Å². The van der Waals surface area contributed by atoms with Gasteiger partial charge in [-0.1, -0.05) is 44.2 Å². The maximum absolute atomic E-state index is 12.7. The van der Waals surface area contributed by atoms with E-state index in [1.165, 1.54) is 0 Å². The Morgan fingerprint density at radius 3 is 2.60 bits per heavy atom. The van der Waals surface area contributed by atoms with E-state index in [0.717, 1.165) is 18.4 Å². The molecule has 0 bridgehead atoms. The Kier molecular flexibility index (Phi) is 9.79. The van der Waals surface area contributed by atoms with Crippen LogP contribution in [0, 0.1) is 11.8 Å². The van der Waals surface area contributed by atoms with Gasteiger partial charge in [-0.05, 0) is 50.0 Å². The van der Waals surface area contributed by atoms with Crippen molar-refractivity contribution in [1.82, 2.24) is 4.90 Å². The molecule has 1 aromatic rings. The number of ether oxygens (including phenoxy) is 1. The molecule has 0 spiro atoms. The van der Waals surface area contributed by atoms with Crippen LogP contribution in [0.15, 0.2) is 30.3 Å². The summed E-state index contributed by atoms with van der Waals surface area (Å²) >= 11 is 0. The van der Waals surface area contributed by atoms with Gasteiger partial charge >= 0.3 is 5.97 Å². The molecule has 1 aromatic carbocycles. The molecule has 2 unspecified atom stereocenters. The fourth-order valence-corrected chi connectivity index (χ4v) is 4.29. The molecule has 6 nitrogen and oxygen atoms in total. The van der Waals surface area contributed by atoms with E-state index < -0.39 is 12.1 Å². The number of likely N-dealkylation sites (tertiary alicyclic amines) is 1. The number of rotatable bonds is 12. The summed E-state index contributed by atoms with van der Waals surface area (Å²) in [6, 6.07) is 10.1. The lowest BCUT2D eigenvalue weighted by Gasteiger charge is -2.41. The van der Waals surface area contributed by atoms with Gasteiger partial charge in [-0.25, -0.2) is 0 Å². The lowest BCUT2D eigenvalue weighted by Crippen LogP contribution is -2.50. The summed E-state index contributed by atoms with van der Waals surface area (Å²) in [5.74, 6) is -0.405. The number of carbonyl (C=O) groups excluding carboxylic acids is 1. The maximum Gasteiger partial charge on any atom is 0.305 e. The van der Waals surface area contributed by atoms with E-state index in [1.807, 2.05) is 49.1 Å². The highest BCUT2D eigenvalue weighted by molar-refractivity contribution is 5.77. The van der Waals surface area contributed by atoms with E-state index in [9.17, 15) is 14.7 Å². The number of nitrogens with zero attached hydrogens (tertiary/aromatic N) is 1. The average molecular weight is 420 g/mol. The van der Waals surface area contributed by atoms with Crippen molar-refractivity contribution in [3.05, 3.63) is 35.9 Å². The normalized spacial score (nSPS) is 21.1. The molecule has 0 radical (unpaired) electrons. The Balaban J connectivity index is 1.92. The number of carboxylic acids is 1. The van der Waals surface area contributed by atoms with Crippen molar-refractivity contribution >= 4 is 11.9 Å². The Hall–Kier alpha value is -1.92. The first kappa shape index (κ1) is 24.4. The summed E-state index contributed by atoms with van der Waals surface area (Å²) in [6.07, 6.45) is 3.11. The third-order valence-electron chi connectivity index (χ3n) is 6.21. The highest BCUT2D eigenvalue weighted by Crippen LogP contribution is 2.29. The molecule has 1 amide bonds. The molecular formula is C24H37NO5. The lowest BCUT2D eigenvalue weighted by molar-refractivity contribution is -0.140. The average Bonchev–Trinajstić information content (AvgIpc) is 2.69. The van der Waals surface area contributed by atoms with Gasteiger partial charge in [0, 0.05) is 19.0 Å². The second-order valence-electron chi connectivity index (χ2n) is 8.76. The van der Waals surface area contributed by atoms with Crippen LogP contribution in [-0.4, -0.2) is 58.4 Å². The molecule has 5 atom stereocenters. The SMILES string of the molecule is CC(OCCC(=O)O)[C@H](C)CN1C(=O)CCC[C@@H]1[C@@H](C)CC(O)Cc1ccccc1. The topological polar surface area (TPSA) is 87.1 Å². The van der Waals surface area contributed by atoms with E-state index in [-0.39, 0.29) is 42.9 Å². The number of benzene rings is 1. The first-order chi connectivity index (χ1) is 14.3. The number of aliphatic hydroxyl groups excluding tert-OH is 1. The van der Waals surface area contributed by atoms with Crippen molar-refractivity contribution in [2.45, 2.75) is 77.5 Å². The van der Waals surface area contributed by atoms with Gasteiger partial charge in [-0.2, -0.15) is 0 Å². The minimum Gasteiger partial charge on any atom is -0.481 e. The zero-order chi connectivity index (χ0) is 22.1. The van der Waals surface area contributed by atoms with Gasteiger partial charge in [0.25, 0.3) is 0 Å². The van der Waals surface area contributed by atoms with Gasteiger partial charge < -0.3 is 19.8 Å². The Morgan fingerprint density at radius 1 is 1.23 bits per heavy atom. The first-order valence-corrected chi connectivity index (χ1v) is 11.1. The van der Waals surface area contributed by atoms with Crippen LogP contribution in [0.2, 0.25) is 0 Å². The summed E-state index contributed by atoms with van der Waals surface area (Å²) in [5, 5.41) is 19.4. The molecule has 1 fully saturated rings. The molecule has 2 N–H and O–H groups in total. The van der Waals surface area contributed by atoms with Crippen LogP contribution >= 0.6 is 0 Å². The monoisotopic (exact) mass is 419 g/mol. The molecular weight excluding hydrogens is 382 g/mol. The second kappa shape index (κ2) is 12.1. The Morgan fingerprint density at radius 2 is 1.93 bits per heavy atom. The van der Waals surface area contributed by atoms with Gasteiger partial charge in [0.2, 0.25) is 5.91 Å². The van der Waals surface area contributed by atoms with Crippen LogP contribution in [0.25, 0.3) is 0 Å². The molecule has 2 rings (SSSR count). The van der Waals surface area contributed by atoms with E-state index >= 15 is 0 Å². The van der Waals surface area contributed by atoms with Gasteiger partial charge in [-0.15, -0.1) is 0 Å². The molecule has 1 aliphatic heterocycles. The second-order valence-corrected chi connectivity index (χ2v) is 8.76. The standard InChI is InChI=1S/C24H37NO5/c1-17(14-21(26)15-20-8-5-4-6-9-20)22-10-7-11-23(27)25(22)16-18(2)19(3)30-13-12-24(28)29/h4-6,8-9,17-19,21-22,26H,7,10-16H2,1-3H3,(H,28,29)/t17-,18+,19?,21?,22+/m0/s1. The highest BCUT2D eigenvalue weighted by atomic mass is 16.5. The zero-order valence-electron chi connectivity index (χ0n) is 18.5. The van der Waals surface area contributed by atoms with Crippen LogP contribution in [0.4, 0.5) is 0 Å². The minimum atomic E-state index is -0.871. The number of carboxylic acid groups (broad SMARTS) is 1. The molecule has 1 aliphatic rings. The number of carbonyl (C=O) groups is 2. The summed E-state index contributed by atoms with van der Waals surface area (Å²) < 4.78 is 5.66. The van der Waals surface area contributed by atoms with Crippen molar-refractivity contribution in [3.8, 4) is 0 Å². The van der Waals surface area contributed by atoms with Gasteiger partial charge in [0.1, 0.15) is 0 Å². The summed E-state index contributed by atoms with van der Waals surface area (Å²) in [5.41, 5.74) is 1.12. The number of aliphatic hydroxyl groups is 1.